The molecule has 1 fully saturated rings. The van der Waals surface area contributed by atoms with Gasteiger partial charge in [0.05, 0.1) is 6.04 Å². The van der Waals surface area contributed by atoms with E-state index in [1.54, 1.807) is 0 Å². The first-order valence-corrected chi connectivity index (χ1v) is 12.3. The molecule has 1 saturated heterocycles. The molecule has 1 aliphatic rings. The molecule has 3 heteroatoms. The van der Waals surface area contributed by atoms with E-state index in [9.17, 15) is 10.0 Å². The summed E-state index contributed by atoms with van der Waals surface area (Å²) >= 11 is 0. The van der Waals surface area contributed by atoms with Crippen LogP contribution in [0.2, 0.25) is 0 Å². The molecule has 29 heavy (non-hydrogen) atoms. The van der Waals surface area contributed by atoms with Crippen LogP contribution in [0.3, 0.4) is 0 Å². The van der Waals surface area contributed by atoms with E-state index in [0.29, 0.717) is 12.3 Å². The molecular weight excluding hydrogens is 358 g/mol. The fraction of sp³-hybridized carbons (Fsp3) is 0.731. The number of unbranched alkanes of at least 4 members (excludes halogenated alkanes) is 11. The first kappa shape index (κ1) is 23.9. The molecule has 0 radical (unpaired) electrons. The minimum atomic E-state index is -0.0962. The molecule has 0 aliphatic carbocycles. The highest BCUT2D eigenvalue weighted by Crippen LogP contribution is 2.29. The van der Waals surface area contributed by atoms with Crippen LogP contribution in [0.4, 0.5) is 0 Å². The van der Waals surface area contributed by atoms with E-state index in [0.717, 1.165) is 30.7 Å². The first-order valence-electron chi connectivity index (χ1n) is 12.3. The number of carbonyl (C=O) groups excluding carboxylic acids is 1. The van der Waals surface area contributed by atoms with Crippen molar-refractivity contribution in [3.05, 3.63) is 35.9 Å². The smallest absolute Gasteiger partial charge is 0.246 e. The Morgan fingerprint density at radius 3 is 2.00 bits per heavy atom. The van der Waals surface area contributed by atoms with Crippen LogP contribution in [-0.2, 0) is 11.2 Å². The summed E-state index contributed by atoms with van der Waals surface area (Å²) in [6.07, 6.45) is 19.3. The molecule has 1 N–H and O–H groups in total. The maximum Gasteiger partial charge on any atom is 0.246 e. The molecule has 1 amide bonds. The molecule has 0 saturated carbocycles. The predicted molar refractivity (Wildman–Crippen MR) is 121 cm³/mol. The van der Waals surface area contributed by atoms with Crippen molar-refractivity contribution in [3.8, 4) is 0 Å². The van der Waals surface area contributed by atoms with Crippen LogP contribution in [0.5, 0.6) is 0 Å². The van der Waals surface area contributed by atoms with Crippen LogP contribution >= 0.6 is 0 Å². The summed E-state index contributed by atoms with van der Waals surface area (Å²) in [5.74, 6) is 0.261. The second kappa shape index (κ2) is 14.6. The highest BCUT2D eigenvalue weighted by molar-refractivity contribution is 5.76. The summed E-state index contributed by atoms with van der Waals surface area (Å²) in [5, 5.41) is 11.2. The van der Waals surface area contributed by atoms with Gasteiger partial charge in [0.1, 0.15) is 0 Å². The lowest BCUT2D eigenvalue weighted by molar-refractivity contribution is -0.186. The second-order valence-corrected chi connectivity index (χ2v) is 9.07. The first-order chi connectivity index (χ1) is 14.2. The van der Waals surface area contributed by atoms with Crippen LogP contribution in [-0.4, -0.2) is 22.2 Å². The molecule has 2 atom stereocenters. The van der Waals surface area contributed by atoms with E-state index in [4.69, 9.17) is 0 Å². The Morgan fingerprint density at radius 2 is 1.41 bits per heavy atom. The normalized spacial score (nSPS) is 19.7. The lowest BCUT2D eigenvalue weighted by Gasteiger charge is -2.35. The highest BCUT2D eigenvalue weighted by Gasteiger charge is 2.32. The van der Waals surface area contributed by atoms with Gasteiger partial charge in [-0.25, -0.2) is 5.06 Å². The van der Waals surface area contributed by atoms with Crippen LogP contribution in [0, 0.1) is 5.92 Å². The van der Waals surface area contributed by atoms with Crippen LogP contribution in [0.25, 0.3) is 0 Å². The van der Waals surface area contributed by atoms with Gasteiger partial charge in [0.25, 0.3) is 0 Å². The van der Waals surface area contributed by atoms with E-state index < -0.39 is 0 Å². The van der Waals surface area contributed by atoms with Crippen molar-refractivity contribution in [3.63, 3.8) is 0 Å². The summed E-state index contributed by atoms with van der Waals surface area (Å²) in [5.41, 5.74) is 1.29. The number of carbonyl (C=O) groups is 1. The summed E-state index contributed by atoms with van der Waals surface area (Å²) in [7, 11) is 0. The van der Waals surface area contributed by atoms with Gasteiger partial charge in [0.15, 0.2) is 0 Å². The van der Waals surface area contributed by atoms with Crippen molar-refractivity contribution in [2.75, 3.05) is 0 Å². The Kier molecular flexibility index (Phi) is 12.0. The Labute approximate surface area is 178 Å². The van der Waals surface area contributed by atoms with Gasteiger partial charge in [0.2, 0.25) is 5.91 Å². The highest BCUT2D eigenvalue weighted by atomic mass is 16.5. The molecule has 2 rings (SSSR count). The molecular formula is C26H43NO2. The van der Waals surface area contributed by atoms with E-state index in [1.807, 2.05) is 6.07 Å². The molecule has 3 nitrogen and oxygen atoms in total. The monoisotopic (exact) mass is 401 g/mol. The van der Waals surface area contributed by atoms with Crippen LogP contribution in [0.15, 0.2) is 30.3 Å². The zero-order valence-corrected chi connectivity index (χ0v) is 18.7. The Morgan fingerprint density at radius 1 is 0.862 bits per heavy atom. The Balaban J connectivity index is 1.54. The standard InChI is InChI=1S/C26H43NO2/c1-2-3-4-5-6-7-8-9-10-11-12-16-19-25-21-24(22-26(28)27(25)29)20-23-17-14-13-15-18-23/h13-15,17-18,24-25,29H,2-12,16,19-22H2,1H3. The molecule has 0 spiro atoms. The number of hydrogen-bond donors (Lipinski definition) is 1. The average Bonchev–Trinajstić information content (AvgIpc) is 2.73. The van der Waals surface area contributed by atoms with Crippen molar-refractivity contribution in [2.45, 2.75) is 116 Å². The van der Waals surface area contributed by atoms with Crippen molar-refractivity contribution in [1.82, 2.24) is 5.06 Å². The average molecular weight is 402 g/mol. The van der Waals surface area contributed by atoms with Crippen molar-refractivity contribution in [2.24, 2.45) is 5.92 Å². The van der Waals surface area contributed by atoms with E-state index in [-0.39, 0.29) is 11.9 Å². The largest absolute Gasteiger partial charge is 0.286 e. The lowest BCUT2D eigenvalue weighted by Crippen LogP contribution is -2.44. The SMILES string of the molecule is CCCCCCCCCCCCCCC1CC(Cc2ccccc2)CC(=O)N1O. The Bertz CT molecular complexity index is 545. The maximum atomic E-state index is 12.2. The number of rotatable bonds is 15. The van der Waals surface area contributed by atoms with Gasteiger partial charge in [-0.2, -0.15) is 0 Å². The summed E-state index contributed by atoms with van der Waals surface area (Å²) in [4.78, 5) is 12.2. The number of amides is 1. The van der Waals surface area contributed by atoms with Crippen molar-refractivity contribution < 1.29 is 10.0 Å². The topological polar surface area (TPSA) is 40.5 Å². The molecule has 164 valence electrons. The molecule has 0 bridgehead atoms. The number of piperidine rings is 1. The number of nitrogens with zero attached hydrogens (tertiary/aromatic N) is 1. The lowest BCUT2D eigenvalue weighted by atomic mass is 9.85. The van der Waals surface area contributed by atoms with Gasteiger partial charge >= 0.3 is 0 Å². The van der Waals surface area contributed by atoms with Gasteiger partial charge in [-0.1, -0.05) is 114 Å². The van der Waals surface area contributed by atoms with Crippen LogP contribution < -0.4 is 0 Å². The van der Waals surface area contributed by atoms with E-state index >= 15 is 0 Å². The number of hydroxylamine groups is 2. The minimum absolute atomic E-state index is 0.00748. The summed E-state index contributed by atoms with van der Waals surface area (Å²) in [6, 6.07) is 10.4. The quantitative estimate of drug-likeness (QED) is 0.247. The molecule has 2 unspecified atom stereocenters. The minimum Gasteiger partial charge on any atom is -0.286 e. The predicted octanol–water partition coefficient (Wildman–Crippen LogP) is 7.32. The second-order valence-electron chi connectivity index (χ2n) is 9.07. The van der Waals surface area contributed by atoms with Gasteiger partial charge < -0.3 is 0 Å². The van der Waals surface area contributed by atoms with Crippen molar-refractivity contribution in [1.29, 1.82) is 0 Å². The van der Waals surface area contributed by atoms with E-state index in [1.165, 1.54) is 76.2 Å². The third kappa shape index (κ3) is 9.80. The molecule has 1 aromatic carbocycles. The fourth-order valence-electron chi connectivity index (χ4n) is 4.68. The van der Waals surface area contributed by atoms with Gasteiger partial charge in [-0.3, -0.25) is 10.0 Å². The summed E-state index contributed by atoms with van der Waals surface area (Å²) in [6.45, 7) is 2.27. The van der Waals surface area contributed by atoms with Gasteiger partial charge in [-0.15, -0.1) is 0 Å². The molecule has 1 heterocycles. The summed E-state index contributed by atoms with van der Waals surface area (Å²) < 4.78 is 0. The molecule has 1 aliphatic heterocycles. The zero-order valence-electron chi connectivity index (χ0n) is 18.7. The molecule has 0 aromatic heterocycles. The van der Waals surface area contributed by atoms with Crippen LogP contribution in [0.1, 0.15) is 109 Å². The maximum absolute atomic E-state index is 12.2. The van der Waals surface area contributed by atoms with Gasteiger partial charge in [0, 0.05) is 6.42 Å². The zero-order chi connectivity index (χ0) is 20.7. The molecule has 1 aromatic rings. The van der Waals surface area contributed by atoms with Crippen molar-refractivity contribution >= 4 is 5.91 Å². The third-order valence-electron chi connectivity index (χ3n) is 6.43. The Hall–Kier alpha value is -1.35. The number of hydrogen-bond acceptors (Lipinski definition) is 2. The fourth-order valence-corrected chi connectivity index (χ4v) is 4.68. The van der Waals surface area contributed by atoms with E-state index in [2.05, 4.69) is 31.2 Å². The third-order valence-corrected chi connectivity index (χ3v) is 6.43. The van der Waals surface area contributed by atoms with Gasteiger partial charge in [-0.05, 0) is 30.7 Å². The number of benzene rings is 1.